The third-order valence-electron chi connectivity index (χ3n) is 4.62. The van der Waals surface area contributed by atoms with E-state index in [-0.39, 0.29) is 6.42 Å². The summed E-state index contributed by atoms with van der Waals surface area (Å²) in [6, 6.07) is 5.39. The quantitative estimate of drug-likeness (QED) is 0.646. The number of ether oxygens (including phenoxy) is 1. The highest BCUT2D eigenvalue weighted by atomic mass is 31.2. The standard InChI is InChI=1S/C15H25NO7P2/c1-16-13-8-7-11(19-2)9-12(13)14(24(17,20-3)21-4)10-15(16)25(18,22-5)23-6/h7-9,14-15H,10H2,1-6H3. The molecule has 10 heteroatoms. The molecule has 2 rings (SSSR count). The fourth-order valence-electron chi connectivity index (χ4n) is 3.18. The third-order valence-corrected chi connectivity index (χ3v) is 9.20. The Morgan fingerprint density at radius 3 is 2.00 bits per heavy atom. The number of methoxy groups -OCH3 is 1. The van der Waals surface area contributed by atoms with E-state index in [1.54, 1.807) is 26.3 Å². The summed E-state index contributed by atoms with van der Waals surface area (Å²) in [5, 5.41) is 0. The lowest BCUT2D eigenvalue weighted by atomic mass is 10.0. The summed E-state index contributed by atoms with van der Waals surface area (Å²) in [5.41, 5.74) is 0.849. The van der Waals surface area contributed by atoms with Crippen LogP contribution in [-0.2, 0) is 27.2 Å². The van der Waals surface area contributed by atoms with Crippen LogP contribution in [0.15, 0.2) is 18.2 Å². The van der Waals surface area contributed by atoms with Crippen molar-refractivity contribution in [3.8, 4) is 5.75 Å². The fourth-order valence-corrected chi connectivity index (χ4v) is 6.66. The van der Waals surface area contributed by atoms with Crippen LogP contribution in [0.1, 0.15) is 17.6 Å². The van der Waals surface area contributed by atoms with Crippen molar-refractivity contribution >= 4 is 20.9 Å². The maximum Gasteiger partial charge on any atom is 0.352 e. The predicted octanol–water partition coefficient (Wildman–Crippen LogP) is 3.87. The third kappa shape index (κ3) is 3.52. The van der Waals surface area contributed by atoms with Crippen LogP contribution in [0.25, 0.3) is 0 Å². The average Bonchev–Trinajstić information content (AvgIpc) is 2.66. The van der Waals surface area contributed by atoms with Crippen LogP contribution < -0.4 is 9.64 Å². The van der Waals surface area contributed by atoms with Gasteiger partial charge < -0.3 is 27.7 Å². The molecule has 0 radical (unpaired) electrons. The number of fused-ring (bicyclic) bond motifs is 1. The highest BCUT2D eigenvalue weighted by Crippen LogP contribution is 2.69. The Hall–Kier alpha value is -0.880. The van der Waals surface area contributed by atoms with Gasteiger partial charge in [0.15, 0.2) is 0 Å². The lowest BCUT2D eigenvalue weighted by Crippen LogP contribution is -2.38. The Morgan fingerprint density at radius 2 is 1.52 bits per heavy atom. The summed E-state index contributed by atoms with van der Waals surface area (Å²) in [6.45, 7) is 0. The SMILES string of the molecule is COc1ccc2c(c1)C(P(=O)(OC)OC)CC(P(=O)(OC)OC)N2C. The van der Waals surface area contributed by atoms with Crippen molar-refractivity contribution in [1.82, 2.24) is 0 Å². The number of anilines is 1. The van der Waals surface area contributed by atoms with E-state index in [0.29, 0.717) is 5.75 Å². The topological polar surface area (TPSA) is 83.5 Å². The van der Waals surface area contributed by atoms with Crippen LogP contribution in [0.5, 0.6) is 5.75 Å². The molecular weight excluding hydrogens is 368 g/mol. The molecule has 0 amide bonds. The lowest BCUT2D eigenvalue weighted by Gasteiger charge is -2.42. The summed E-state index contributed by atoms with van der Waals surface area (Å²) in [4.78, 5) is 1.81. The van der Waals surface area contributed by atoms with Gasteiger partial charge in [0, 0.05) is 41.2 Å². The molecule has 0 saturated heterocycles. The highest BCUT2D eigenvalue weighted by molar-refractivity contribution is 7.55. The Labute approximate surface area is 148 Å². The Kier molecular flexibility index (Phi) is 6.36. The summed E-state index contributed by atoms with van der Waals surface area (Å²) in [7, 11) is 1.76. The maximum atomic E-state index is 13.1. The first-order valence-electron chi connectivity index (χ1n) is 7.63. The van der Waals surface area contributed by atoms with Crippen LogP contribution in [0.4, 0.5) is 5.69 Å². The van der Waals surface area contributed by atoms with Crippen LogP contribution in [0.2, 0.25) is 0 Å². The molecule has 0 bridgehead atoms. The molecule has 0 N–H and O–H groups in total. The van der Waals surface area contributed by atoms with E-state index in [1.165, 1.54) is 28.4 Å². The minimum Gasteiger partial charge on any atom is -0.497 e. The molecule has 2 atom stereocenters. The summed E-state index contributed by atoms with van der Waals surface area (Å²) in [5.74, 6) is -0.0111. The lowest BCUT2D eigenvalue weighted by molar-refractivity contribution is 0.250. The molecule has 25 heavy (non-hydrogen) atoms. The average molecular weight is 393 g/mol. The van der Waals surface area contributed by atoms with Crippen molar-refractivity contribution in [1.29, 1.82) is 0 Å². The maximum absolute atomic E-state index is 13.1. The highest BCUT2D eigenvalue weighted by Gasteiger charge is 2.49. The molecule has 1 aromatic rings. The molecule has 1 heterocycles. The van der Waals surface area contributed by atoms with Crippen molar-refractivity contribution in [3.63, 3.8) is 0 Å². The Balaban J connectivity index is 2.65. The number of hydrogen-bond donors (Lipinski definition) is 0. The normalized spacial score (nSPS) is 21.1. The summed E-state index contributed by atoms with van der Waals surface area (Å²) in [6.07, 6.45) is 0.217. The molecule has 1 aliphatic heterocycles. The van der Waals surface area contributed by atoms with E-state index in [2.05, 4.69) is 0 Å². The van der Waals surface area contributed by atoms with E-state index in [4.69, 9.17) is 22.8 Å². The molecular formula is C15H25NO7P2. The van der Waals surface area contributed by atoms with Crippen molar-refractivity contribution in [2.75, 3.05) is 47.5 Å². The zero-order valence-electron chi connectivity index (χ0n) is 15.3. The molecule has 0 fully saturated rings. The molecule has 1 aliphatic rings. The summed E-state index contributed by atoms with van der Waals surface area (Å²) < 4.78 is 52.3. The Bertz CT molecular complexity index is 695. The van der Waals surface area contributed by atoms with Gasteiger partial charge in [-0.2, -0.15) is 0 Å². The van der Waals surface area contributed by atoms with Gasteiger partial charge in [0.2, 0.25) is 0 Å². The van der Waals surface area contributed by atoms with Crippen molar-refractivity contribution in [2.24, 2.45) is 0 Å². The smallest absolute Gasteiger partial charge is 0.352 e. The van der Waals surface area contributed by atoms with E-state index >= 15 is 0 Å². The molecule has 0 saturated carbocycles. The molecule has 0 aliphatic carbocycles. The summed E-state index contributed by atoms with van der Waals surface area (Å²) >= 11 is 0. The van der Waals surface area contributed by atoms with Gasteiger partial charge in [-0.1, -0.05) is 0 Å². The van der Waals surface area contributed by atoms with Gasteiger partial charge in [-0.3, -0.25) is 9.13 Å². The molecule has 0 aromatic heterocycles. The zero-order chi connectivity index (χ0) is 18.8. The van der Waals surface area contributed by atoms with E-state index in [9.17, 15) is 9.13 Å². The van der Waals surface area contributed by atoms with Crippen molar-refractivity contribution in [2.45, 2.75) is 17.9 Å². The van der Waals surface area contributed by atoms with Gasteiger partial charge in [0.1, 0.15) is 11.5 Å². The van der Waals surface area contributed by atoms with E-state index in [1.807, 2.05) is 11.0 Å². The van der Waals surface area contributed by atoms with Crippen LogP contribution in [-0.4, -0.2) is 48.4 Å². The second-order valence-corrected chi connectivity index (χ2v) is 10.4. The second-order valence-electron chi connectivity index (χ2n) is 5.58. The van der Waals surface area contributed by atoms with Gasteiger partial charge in [-0.25, -0.2) is 0 Å². The first-order chi connectivity index (χ1) is 11.8. The van der Waals surface area contributed by atoms with Crippen molar-refractivity contribution < 1.29 is 32.0 Å². The predicted molar refractivity (Wildman–Crippen MR) is 95.8 cm³/mol. The van der Waals surface area contributed by atoms with Crippen LogP contribution in [0.3, 0.4) is 0 Å². The fraction of sp³-hybridized carbons (Fsp3) is 0.600. The van der Waals surface area contributed by atoms with Gasteiger partial charge >= 0.3 is 15.2 Å². The number of benzene rings is 1. The number of hydrogen-bond acceptors (Lipinski definition) is 8. The minimum absolute atomic E-state index is 0.217. The molecule has 1 aromatic carbocycles. The number of rotatable bonds is 7. The van der Waals surface area contributed by atoms with Gasteiger partial charge in [-0.05, 0) is 30.2 Å². The van der Waals surface area contributed by atoms with E-state index < -0.39 is 26.6 Å². The second kappa shape index (κ2) is 7.78. The van der Waals surface area contributed by atoms with Gasteiger partial charge in [0.25, 0.3) is 0 Å². The van der Waals surface area contributed by atoms with Gasteiger partial charge in [-0.15, -0.1) is 0 Å². The molecule has 142 valence electrons. The Morgan fingerprint density at radius 1 is 0.960 bits per heavy atom. The largest absolute Gasteiger partial charge is 0.497 e. The molecule has 0 spiro atoms. The molecule has 2 unspecified atom stereocenters. The first kappa shape index (κ1) is 20.4. The minimum atomic E-state index is -3.49. The van der Waals surface area contributed by atoms with E-state index in [0.717, 1.165) is 11.3 Å². The number of nitrogens with zero attached hydrogens (tertiary/aromatic N) is 1. The van der Waals surface area contributed by atoms with Gasteiger partial charge in [0.05, 0.1) is 12.8 Å². The first-order valence-corrected chi connectivity index (χ1v) is 10.9. The van der Waals surface area contributed by atoms with Crippen LogP contribution >= 0.6 is 15.2 Å². The van der Waals surface area contributed by atoms with Crippen LogP contribution in [0, 0.1) is 0 Å². The molecule has 8 nitrogen and oxygen atoms in total. The monoisotopic (exact) mass is 393 g/mol. The van der Waals surface area contributed by atoms with Crippen molar-refractivity contribution in [3.05, 3.63) is 23.8 Å². The zero-order valence-corrected chi connectivity index (χ0v) is 17.1.